The van der Waals surface area contributed by atoms with Crippen molar-refractivity contribution in [1.82, 2.24) is 9.88 Å². The monoisotopic (exact) mass is 278 g/mol. The van der Waals surface area contributed by atoms with Crippen molar-refractivity contribution in [3.63, 3.8) is 0 Å². The van der Waals surface area contributed by atoms with Gasteiger partial charge in [0.2, 0.25) is 0 Å². The summed E-state index contributed by atoms with van der Waals surface area (Å²) in [5.41, 5.74) is 7.61. The Balaban J connectivity index is 2.23. The van der Waals surface area contributed by atoms with Crippen molar-refractivity contribution in [1.29, 1.82) is 0 Å². The van der Waals surface area contributed by atoms with E-state index in [0.717, 1.165) is 30.2 Å². The molecule has 0 saturated carbocycles. The summed E-state index contributed by atoms with van der Waals surface area (Å²) in [5.74, 6) is 0.995. The molecule has 4 nitrogen and oxygen atoms in total. The molecule has 1 fully saturated rings. The molecule has 2 N–H and O–H groups in total. The van der Waals surface area contributed by atoms with Crippen LogP contribution in [0.2, 0.25) is 0 Å². The largest absolute Gasteiger partial charge is 0.389 e. The van der Waals surface area contributed by atoms with Crippen molar-refractivity contribution in [2.75, 3.05) is 32.1 Å². The van der Waals surface area contributed by atoms with Crippen molar-refractivity contribution in [3.8, 4) is 0 Å². The maximum atomic E-state index is 5.73. The number of nitrogens with zero attached hydrogens (tertiary/aromatic N) is 3. The number of thiocarbonyl (C=S) groups is 1. The van der Waals surface area contributed by atoms with E-state index >= 15 is 0 Å². The zero-order chi connectivity index (χ0) is 14.0. The second-order valence-corrected chi connectivity index (χ2v) is 5.87. The maximum Gasteiger partial charge on any atom is 0.129 e. The quantitative estimate of drug-likeness (QED) is 0.850. The minimum absolute atomic E-state index is 0.438. The molecule has 1 unspecified atom stereocenters. The minimum atomic E-state index is 0.438. The van der Waals surface area contributed by atoms with Crippen molar-refractivity contribution in [2.45, 2.75) is 25.8 Å². The summed E-state index contributed by atoms with van der Waals surface area (Å²) in [4.78, 5) is 9.69. The Morgan fingerprint density at radius 3 is 2.84 bits per heavy atom. The summed E-state index contributed by atoms with van der Waals surface area (Å²) >= 11 is 5.07. The van der Waals surface area contributed by atoms with Crippen LogP contribution >= 0.6 is 12.2 Å². The standard InChI is InChI=1S/C14H22N4S/c1-10-7-11(14(15)19)8-13(16-10)18-6-4-5-12(9-18)17(2)3/h7-8,12H,4-6,9H2,1-3H3,(H2,15,19). The second-order valence-electron chi connectivity index (χ2n) is 5.43. The fourth-order valence-electron chi connectivity index (χ4n) is 2.54. The summed E-state index contributed by atoms with van der Waals surface area (Å²) in [6, 6.07) is 4.54. The molecule has 0 aliphatic carbocycles. The van der Waals surface area contributed by atoms with Gasteiger partial charge in [0.1, 0.15) is 10.8 Å². The van der Waals surface area contributed by atoms with E-state index in [1.807, 2.05) is 19.1 Å². The van der Waals surface area contributed by atoms with E-state index in [0.29, 0.717) is 11.0 Å². The SMILES string of the molecule is Cc1cc(C(N)=S)cc(N2CCCC(N(C)C)C2)n1. The Labute approximate surface area is 120 Å². The average Bonchev–Trinajstić information content (AvgIpc) is 2.38. The highest BCUT2D eigenvalue weighted by Gasteiger charge is 2.22. The number of aromatic nitrogens is 1. The molecule has 1 aromatic rings. The van der Waals surface area contributed by atoms with Crippen LogP contribution in [0.15, 0.2) is 12.1 Å². The smallest absolute Gasteiger partial charge is 0.129 e. The summed E-state index contributed by atoms with van der Waals surface area (Å²) in [6.45, 7) is 4.05. The van der Waals surface area contributed by atoms with Gasteiger partial charge >= 0.3 is 0 Å². The number of piperidine rings is 1. The number of aryl methyl sites for hydroxylation is 1. The van der Waals surface area contributed by atoms with Gasteiger partial charge in [0.05, 0.1) is 0 Å². The first kappa shape index (κ1) is 14.2. The zero-order valence-corrected chi connectivity index (χ0v) is 12.7. The highest BCUT2D eigenvalue weighted by molar-refractivity contribution is 7.80. The van der Waals surface area contributed by atoms with Gasteiger partial charge in [-0.3, -0.25) is 0 Å². The molecule has 1 saturated heterocycles. The van der Waals surface area contributed by atoms with E-state index in [1.54, 1.807) is 0 Å². The first-order valence-corrected chi connectivity index (χ1v) is 7.08. The molecule has 2 heterocycles. The number of hydrogen-bond acceptors (Lipinski definition) is 4. The molecule has 0 bridgehead atoms. The molecule has 104 valence electrons. The highest BCUT2D eigenvalue weighted by atomic mass is 32.1. The maximum absolute atomic E-state index is 5.73. The first-order chi connectivity index (χ1) is 8.97. The van der Waals surface area contributed by atoms with Gasteiger partial charge in [-0.1, -0.05) is 12.2 Å². The molecule has 1 aromatic heterocycles. The lowest BCUT2D eigenvalue weighted by Crippen LogP contribution is -2.45. The Morgan fingerprint density at radius 2 is 2.21 bits per heavy atom. The fourth-order valence-corrected chi connectivity index (χ4v) is 2.66. The number of rotatable bonds is 3. The van der Waals surface area contributed by atoms with Crippen molar-refractivity contribution in [3.05, 3.63) is 23.4 Å². The van der Waals surface area contributed by atoms with Crippen LogP contribution in [0.3, 0.4) is 0 Å². The minimum Gasteiger partial charge on any atom is -0.389 e. The number of likely N-dealkylation sites (N-methyl/N-ethyl adjacent to an activating group) is 1. The van der Waals surface area contributed by atoms with Crippen LogP contribution in [0, 0.1) is 6.92 Å². The Hall–Kier alpha value is -1.20. The first-order valence-electron chi connectivity index (χ1n) is 6.67. The summed E-state index contributed by atoms with van der Waals surface area (Å²) in [7, 11) is 4.27. The summed E-state index contributed by atoms with van der Waals surface area (Å²) in [5, 5.41) is 0. The summed E-state index contributed by atoms with van der Waals surface area (Å²) < 4.78 is 0. The van der Waals surface area contributed by atoms with Gasteiger partial charge in [-0.25, -0.2) is 4.98 Å². The summed E-state index contributed by atoms with van der Waals surface area (Å²) in [6.07, 6.45) is 2.44. The molecule has 1 atom stereocenters. The number of pyridine rings is 1. The van der Waals surface area contributed by atoms with Crippen LogP contribution in [0.25, 0.3) is 0 Å². The van der Waals surface area contributed by atoms with E-state index in [4.69, 9.17) is 18.0 Å². The van der Waals surface area contributed by atoms with E-state index < -0.39 is 0 Å². The predicted molar refractivity (Wildman–Crippen MR) is 83.8 cm³/mol. The molecule has 0 amide bonds. The van der Waals surface area contributed by atoms with Gasteiger partial charge in [0, 0.05) is 30.4 Å². The zero-order valence-electron chi connectivity index (χ0n) is 11.9. The van der Waals surface area contributed by atoms with Crippen LogP contribution < -0.4 is 10.6 Å². The molecule has 0 radical (unpaired) electrons. The lowest BCUT2D eigenvalue weighted by molar-refractivity contribution is 0.257. The van der Waals surface area contributed by atoms with Gasteiger partial charge in [0.25, 0.3) is 0 Å². The van der Waals surface area contributed by atoms with Crippen molar-refractivity contribution >= 4 is 23.0 Å². The highest BCUT2D eigenvalue weighted by Crippen LogP contribution is 2.21. The molecule has 1 aliphatic heterocycles. The van der Waals surface area contributed by atoms with Gasteiger partial charge in [-0.05, 0) is 46.0 Å². The van der Waals surface area contributed by atoms with Crippen LogP contribution in [-0.2, 0) is 0 Å². The third-order valence-electron chi connectivity index (χ3n) is 3.68. The third kappa shape index (κ3) is 3.42. The second kappa shape index (κ2) is 5.84. The topological polar surface area (TPSA) is 45.4 Å². The van der Waals surface area contributed by atoms with Crippen molar-refractivity contribution < 1.29 is 0 Å². The normalized spacial score (nSPS) is 19.8. The van der Waals surface area contributed by atoms with E-state index in [-0.39, 0.29) is 0 Å². The molecular weight excluding hydrogens is 256 g/mol. The molecule has 19 heavy (non-hydrogen) atoms. The number of anilines is 1. The van der Waals surface area contributed by atoms with Crippen LogP contribution in [0.1, 0.15) is 24.1 Å². The Bertz CT molecular complexity index is 473. The third-order valence-corrected chi connectivity index (χ3v) is 3.91. The van der Waals surface area contributed by atoms with Gasteiger partial charge in [-0.2, -0.15) is 0 Å². The fraction of sp³-hybridized carbons (Fsp3) is 0.571. The van der Waals surface area contributed by atoms with Crippen LogP contribution in [0.5, 0.6) is 0 Å². The molecule has 5 heteroatoms. The van der Waals surface area contributed by atoms with E-state index in [2.05, 4.69) is 28.9 Å². The number of hydrogen-bond donors (Lipinski definition) is 1. The predicted octanol–water partition coefficient (Wildman–Crippen LogP) is 1.55. The number of nitrogens with two attached hydrogens (primary N) is 1. The molecule has 0 aromatic carbocycles. The lowest BCUT2D eigenvalue weighted by Gasteiger charge is -2.37. The van der Waals surface area contributed by atoms with Crippen LogP contribution in [-0.4, -0.2) is 48.1 Å². The molecule has 0 spiro atoms. The molecule has 1 aliphatic rings. The van der Waals surface area contributed by atoms with Crippen LogP contribution in [0.4, 0.5) is 5.82 Å². The van der Waals surface area contributed by atoms with E-state index in [1.165, 1.54) is 12.8 Å². The average molecular weight is 278 g/mol. The van der Waals surface area contributed by atoms with E-state index in [9.17, 15) is 0 Å². The molecule has 2 rings (SSSR count). The Kier molecular flexibility index (Phi) is 4.37. The van der Waals surface area contributed by atoms with Crippen molar-refractivity contribution in [2.24, 2.45) is 5.73 Å². The Morgan fingerprint density at radius 1 is 1.47 bits per heavy atom. The van der Waals surface area contributed by atoms with Gasteiger partial charge in [0.15, 0.2) is 0 Å². The van der Waals surface area contributed by atoms with Gasteiger partial charge in [-0.15, -0.1) is 0 Å². The lowest BCUT2D eigenvalue weighted by atomic mass is 10.0. The molecular formula is C14H22N4S. The van der Waals surface area contributed by atoms with Gasteiger partial charge < -0.3 is 15.5 Å².